The van der Waals surface area contributed by atoms with Crippen molar-refractivity contribution in [3.63, 3.8) is 0 Å². The normalized spacial score (nSPS) is 18.9. The highest BCUT2D eigenvalue weighted by atomic mass is 16.5. The van der Waals surface area contributed by atoms with Crippen LogP contribution in [0.15, 0.2) is 24.4 Å². The molecule has 0 bridgehead atoms. The van der Waals surface area contributed by atoms with Crippen LogP contribution in [0, 0.1) is 0 Å². The van der Waals surface area contributed by atoms with Crippen molar-refractivity contribution in [3.05, 3.63) is 30.2 Å². The second-order valence-electron chi connectivity index (χ2n) is 6.46. The summed E-state index contributed by atoms with van der Waals surface area (Å²) in [5.74, 6) is 2.70. The summed E-state index contributed by atoms with van der Waals surface area (Å²) in [5, 5.41) is 0. The van der Waals surface area contributed by atoms with Crippen molar-refractivity contribution >= 4 is 17.7 Å². The van der Waals surface area contributed by atoms with E-state index in [1.54, 1.807) is 0 Å². The van der Waals surface area contributed by atoms with Gasteiger partial charge >= 0.3 is 0 Å². The lowest BCUT2D eigenvalue weighted by atomic mass is 10.3. The Balaban J connectivity index is 1.38. The Labute approximate surface area is 152 Å². The maximum Gasteiger partial charge on any atom is 0.230 e. The van der Waals surface area contributed by atoms with Gasteiger partial charge in [-0.2, -0.15) is 15.0 Å². The number of pyridine rings is 1. The molecule has 138 valence electrons. The van der Waals surface area contributed by atoms with Gasteiger partial charge in [0.05, 0.1) is 19.8 Å². The molecule has 0 spiro atoms. The predicted octanol–water partition coefficient (Wildman–Crippen LogP) is 0.00760. The molecule has 26 heavy (non-hydrogen) atoms. The minimum Gasteiger partial charge on any atom is -0.378 e. The molecule has 2 N–H and O–H groups in total. The van der Waals surface area contributed by atoms with Crippen molar-refractivity contribution in [2.75, 3.05) is 68.0 Å². The molecule has 9 nitrogen and oxygen atoms in total. The van der Waals surface area contributed by atoms with E-state index >= 15 is 0 Å². The van der Waals surface area contributed by atoms with Crippen molar-refractivity contribution < 1.29 is 4.74 Å². The number of hydrogen-bond acceptors (Lipinski definition) is 9. The molecule has 0 aromatic carbocycles. The highest BCUT2D eigenvalue weighted by Crippen LogP contribution is 2.15. The average molecular weight is 356 g/mol. The number of hydrogen-bond donors (Lipinski definition) is 1. The molecule has 2 aromatic rings. The van der Waals surface area contributed by atoms with Crippen LogP contribution in [-0.2, 0) is 11.3 Å². The Morgan fingerprint density at radius 2 is 1.73 bits per heavy atom. The number of rotatable bonds is 4. The molecule has 9 heteroatoms. The van der Waals surface area contributed by atoms with Gasteiger partial charge in [0.15, 0.2) is 0 Å². The number of nitrogens with two attached hydrogens (primary N) is 1. The van der Waals surface area contributed by atoms with Gasteiger partial charge < -0.3 is 20.3 Å². The molecule has 0 saturated carbocycles. The SMILES string of the molecule is Nc1nc(CN2CCN(c3ccccn3)CC2)nc(N2CCOCC2)n1. The van der Waals surface area contributed by atoms with E-state index in [2.05, 4.69) is 40.7 Å². The Morgan fingerprint density at radius 1 is 0.923 bits per heavy atom. The fraction of sp³-hybridized carbons (Fsp3) is 0.529. The van der Waals surface area contributed by atoms with E-state index in [4.69, 9.17) is 10.5 Å². The Kier molecular flexibility index (Phi) is 5.07. The third-order valence-corrected chi connectivity index (χ3v) is 4.69. The van der Waals surface area contributed by atoms with Gasteiger partial charge in [-0.05, 0) is 12.1 Å². The molecule has 4 rings (SSSR count). The van der Waals surface area contributed by atoms with Crippen LogP contribution in [0.25, 0.3) is 0 Å². The molecule has 2 aliphatic heterocycles. The van der Waals surface area contributed by atoms with Gasteiger partial charge in [-0.1, -0.05) is 6.07 Å². The molecular weight excluding hydrogens is 332 g/mol. The summed E-state index contributed by atoms with van der Waals surface area (Å²) in [5.41, 5.74) is 5.91. The van der Waals surface area contributed by atoms with Crippen molar-refractivity contribution in [2.45, 2.75) is 6.54 Å². The van der Waals surface area contributed by atoms with Crippen LogP contribution < -0.4 is 15.5 Å². The van der Waals surface area contributed by atoms with Crippen LogP contribution in [0.3, 0.4) is 0 Å². The molecule has 4 heterocycles. The maximum atomic E-state index is 5.91. The fourth-order valence-electron chi connectivity index (χ4n) is 3.28. The number of anilines is 3. The van der Waals surface area contributed by atoms with Gasteiger partial charge in [0.2, 0.25) is 11.9 Å². The second-order valence-corrected chi connectivity index (χ2v) is 6.46. The van der Waals surface area contributed by atoms with Crippen molar-refractivity contribution in [1.29, 1.82) is 0 Å². The van der Waals surface area contributed by atoms with Gasteiger partial charge in [-0.3, -0.25) is 4.90 Å². The molecule has 2 aromatic heterocycles. The first-order valence-electron chi connectivity index (χ1n) is 8.99. The summed E-state index contributed by atoms with van der Waals surface area (Å²) in [4.78, 5) is 24.4. The third-order valence-electron chi connectivity index (χ3n) is 4.69. The Morgan fingerprint density at radius 3 is 2.46 bits per heavy atom. The highest BCUT2D eigenvalue weighted by Gasteiger charge is 2.20. The first kappa shape index (κ1) is 16.9. The monoisotopic (exact) mass is 356 g/mol. The van der Waals surface area contributed by atoms with Crippen molar-refractivity contribution in [3.8, 4) is 0 Å². The lowest BCUT2D eigenvalue weighted by molar-refractivity contribution is 0.122. The summed E-state index contributed by atoms with van der Waals surface area (Å²) in [7, 11) is 0. The van der Waals surface area contributed by atoms with E-state index in [0.29, 0.717) is 25.7 Å². The van der Waals surface area contributed by atoms with E-state index < -0.39 is 0 Å². The molecule has 2 saturated heterocycles. The van der Waals surface area contributed by atoms with Crippen LogP contribution in [0.4, 0.5) is 17.7 Å². The molecule has 0 radical (unpaired) electrons. The van der Waals surface area contributed by atoms with Gasteiger partial charge in [0.25, 0.3) is 0 Å². The summed E-state index contributed by atoms with van der Waals surface area (Å²) in [6.45, 7) is 7.39. The second kappa shape index (κ2) is 7.79. The molecule has 0 atom stereocenters. The number of piperazine rings is 1. The quantitative estimate of drug-likeness (QED) is 0.812. The van der Waals surface area contributed by atoms with Crippen molar-refractivity contribution in [1.82, 2.24) is 24.8 Å². The number of morpholine rings is 1. The van der Waals surface area contributed by atoms with Crippen LogP contribution >= 0.6 is 0 Å². The molecule has 0 amide bonds. The smallest absolute Gasteiger partial charge is 0.230 e. The van der Waals surface area contributed by atoms with Crippen LogP contribution in [-0.4, -0.2) is 77.3 Å². The van der Waals surface area contributed by atoms with Gasteiger partial charge in [-0.25, -0.2) is 4.98 Å². The summed E-state index contributed by atoms with van der Waals surface area (Å²) in [6.07, 6.45) is 1.84. The highest BCUT2D eigenvalue weighted by molar-refractivity contribution is 5.38. The van der Waals surface area contributed by atoms with Gasteiger partial charge in [0.1, 0.15) is 11.6 Å². The first-order valence-corrected chi connectivity index (χ1v) is 8.99. The van der Waals surface area contributed by atoms with E-state index in [9.17, 15) is 0 Å². The summed E-state index contributed by atoms with van der Waals surface area (Å²) >= 11 is 0. The number of ether oxygens (including phenoxy) is 1. The predicted molar refractivity (Wildman–Crippen MR) is 99.0 cm³/mol. The minimum absolute atomic E-state index is 0.281. The summed E-state index contributed by atoms with van der Waals surface area (Å²) < 4.78 is 5.39. The molecule has 2 aliphatic rings. The largest absolute Gasteiger partial charge is 0.378 e. The van der Waals surface area contributed by atoms with Crippen LogP contribution in [0.1, 0.15) is 5.82 Å². The number of nitrogens with zero attached hydrogens (tertiary/aromatic N) is 7. The van der Waals surface area contributed by atoms with E-state index in [1.807, 2.05) is 18.3 Å². The summed E-state index contributed by atoms with van der Waals surface area (Å²) in [6, 6.07) is 6.02. The number of aromatic nitrogens is 4. The lowest BCUT2D eigenvalue weighted by Gasteiger charge is -2.35. The minimum atomic E-state index is 0.281. The molecule has 0 aliphatic carbocycles. The molecule has 0 unspecified atom stereocenters. The Hall–Kier alpha value is -2.52. The Bertz CT molecular complexity index is 714. The zero-order valence-corrected chi connectivity index (χ0v) is 14.8. The van der Waals surface area contributed by atoms with Crippen molar-refractivity contribution in [2.24, 2.45) is 0 Å². The first-order chi connectivity index (χ1) is 12.8. The van der Waals surface area contributed by atoms with E-state index in [0.717, 1.165) is 50.9 Å². The van der Waals surface area contributed by atoms with Crippen LogP contribution in [0.2, 0.25) is 0 Å². The van der Waals surface area contributed by atoms with Gasteiger partial charge in [-0.15, -0.1) is 0 Å². The standard InChI is InChI=1S/C17H24N8O/c18-16-20-14(21-17(22-16)25-9-11-26-12-10-25)13-23-5-7-24(8-6-23)15-3-1-2-4-19-15/h1-4H,5-13H2,(H2,18,20,21,22). The van der Waals surface area contributed by atoms with E-state index in [1.165, 1.54) is 0 Å². The lowest BCUT2D eigenvalue weighted by Crippen LogP contribution is -2.46. The topological polar surface area (TPSA) is 96.5 Å². The van der Waals surface area contributed by atoms with Gasteiger partial charge in [0, 0.05) is 45.5 Å². The van der Waals surface area contributed by atoms with E-state index in [-0.39, 0.29) is 5.95 Å². The van der Waals surface area contributed by atoms with Crippen LogP contribution in [0.5, 0.6) is 0 Å². The zero-order valence-electron chi connectivity index (χ0n) is 14.8. The zero-order chi connectivity index (χ0) is 17.8. The number of nitrogen functional groups attached to an aromatic ring is 1. The third kappa shape index (κ3) is 4.00. The molecule has 2 fully saturated rings. The fourth-order valence-corrected chi connectivity index (χ4v) is 3.28. The average Bonchev–Trinajstić information content (AvgIpc) is 2.69. The maximum absolute atomic E-state index is 5.91. The molecular formula is C17H24N8O.